The molecule has 1 amide bonds. The van der Waals surface area contributed by atoms with E-state index in [1.807, 2.05) is 18.2 Å². The van der Waals surface area contributed by atoms with Gasteiger partial charge in [-0.15, -0.1) is 11.3 Å². The zero-order chi connectivity index (χ0) is 21.3. The van der Waals surface area contributed by atoms with Crippen LogP contribution in [0.1, 0.15) is 35.4 Å². The zero-order valence-electron chi connectivity index (χ0n) is 17.4. The van der Waals surface area contributed by atoms with Crippen molar-refractivity contribution in [1.29, 1.82) is 0 Å². The molecule has 0 spiro atoms. The average Bonchev–Trinajstić information content (AvgIpc) is 3.34. The van der Waals surface area contributed by atoms with Gasteiger partial charge in [-0.05, 0) is 55.9 Å². The van der Waals surface area contributed by atoms with E-state index < -0.39 is 6.04 Å². The summed E-state index contributed by atoms with van der Waals surface area (Å²) in [5, 5.41) is 3.62. The maximum atomic E-state index is 13.0. The van der Waals surface area contributed by atoms with Gasteiger partial charge in [0.25, 0.3) is 5.56 Å². The number of fused-ring (bicyclic) bond motifs is 3. The fourth-order valence-electron chi connectivity index (χ4n) is 3.91. The van der Waals surface area contributed by atoms with E-state index >= 15 is 0 Å². The largest absolute Gasteiger partial charge is 0.493 e. The number of nitrogens with one attached hydrogen (secondary N) is 1. The second kappa shape index (κ2) is 8.47. The molecule has 3 aromatic rings. The molecule has 158 valence electrons. The van der Waals surface area contributed by atoms with Crippen LogP contribution in [0.15, 0.2) is 29.3 Å². The Hall–Kier alpha value is -2.87. The molecular weight excluding hydrogens is 402 g/mol. The third-order valence-corrected chi connectivity index (χ3v) is 6.81. The van der Waals surface area contributed by atoms with Crippen LogP contribution in [0.25, 0.3) is 10.2 Å². The molecule has 4 rings (SSSR count). The number of aryl methyl sites for hydroxylation is 2. The highest BCUT2D eigenvalue weighted by molar-refractivity contribution is 7.18. The van der Waals surface area contributed by atoms with Gasteiger partial charge in [0.1, 0.15) is 10.9 Å². The van der Waals surface area contributed by atoms with E-state index in [1.54, 1.807) is 32.5 Å². The van der Waals surface area contributed by atoms with Gasteiger partial charge in [0.2, 0.25) is 5.91 Å². The summed E-state index contributed by atoms with van der Waals surface area (Å²) in [6.45, 7) is 2.18. The van der Waals surface area contributed by atoms with Crippen molar-refractivity contribution in [2.75, 3.05) is 20.8 Å². The maximum absolute atomic E-state index is 13.0. The number of carbonyl (C=O) groups excluding carboxylic acids is 1. The van der Waals surface area contributed by atoms with E-state index in [4.69, 9.17) is 9.47 Å². The van der Waals surface area contributed by atoms with Gasteiger partial charge in [-0.25, -0.2) is 4.98 Å². The summed E-state index contributed by atoms with van der Waals surface area (Å²) in [5.41, 5.74) is 2.03. The Kier molecular flexibility index (Phi) is 5.76. The highest BCUT2D eigenvalue weighted by Crippen LogP contribution is 2.34. The number of nitrogens with zero attached hydrogens (tertiary/aromatic N) is 2. The summed E-state index contributed by atoms with van der Waals surface area (Å²) in [6.07, 6.45) is 5.15. The van der Waals surface area contributed by atoms with Crippen molar-refractivity contribution in [3.8, 4) is 11.5 Å². The maximum Gasteiger partial charge on any atom is 0.263 e. The molecule has 0 saturated carbocycles. The predicted molar refractivity (Wildman–Crippen MR) is 117 cm³/mol. The van der Waals surface area contributed by atoms with Crippen molar-refractivity contribution < 1.29 is 14.3 Å². The van der Waals surface area contributed by atoms with Crippen LogP contribution < -0.4 is 20.3 Å². The van der Waals surface area contributed by atoms with Crippen LogP contribution in [0.3, 0.4) is 0 Å². The quantitative estimate of drug-likeness (QED) is 0.627. The molecule has 1 aliphatic rings. The summed E-state index contributed by atoms with van der Waals surface area (Å²) in [6, 6.07) is 5.06. The third kappa shape index (κ3) is 3.67. The summed E-state index contributed by atoms with van der Waals surface area (Å²) in [5.74, 6) is 1.12. The van der Waals surface area contributed by atoms with E-state index in [2.05, 4.69) is 10.3 Å². The first-order chi connectivity index (χ1) is 14.5. The van der Waals surface area contributed by atoms with E-state index in [0.29, 0.717) is 29.9 Å². The van der Waals surface area contributed by atoms with Crippen LogP contribution in [0.4, 0.5) is 0 Å². The number of hydrogen-bond donors (Lipinski definition) is 1. The Morgan fingerprint density at radius 1 is 1.27 bits per heavy atom. The minimum absolute atomic E-state index is 0.123. The summed E-state index contributed by atoms with van der Waals surface area (Å²) >= 11 is 1.60. The van der Waals surface area contributed by atoms with Crippen molar-refractivity contribution in [1.82, 2.24) is 14.9 Å². The van der Waals surface area contributed by atoms with Gasteiger partial charge < -0.3 is 14.8 Å². The first-order valence-corrected chi connectivity index (χ1v) is 10.8. The number of benzene rings is 1. The predicted octanol–water partition coefficient (Wildman–Crippen LogP) is 2.88. The molecule has 0 radical (unpaired) electrons. The number of thiophene rings is 1. The van der Waals surface area contributed by atoms with E-state index in [9.17, 15) is 9.59 Å². The van der Waals surface area contributed by atoms with Crippen molar-refractivity contribution in [3.05, 3.63) is 50.9 Å². The normalized spacial score (nSPS) is 13.8. The fourth-order valence-corrected chi connectivity index (χ4v) is 5.13. The van der Waals surface area contributed by atoms with Crippen LogP contribution in [0.5, 0.6) is 11.5 Å². The van der Waals surface area contributed by atoms with E-state index in [-0.39, 0.29) is 11.5 Å². The Morgan fingerprint density at radius 2 is 2.07 bits per heavy atom. The first-order valence-electron chi connectivity index (χ1n) is 10.0. The number of ether oxygens (including phenoxy) is 2. The molecule has 8 heteroatoms. The van der Waals surface area contributed by atoms with Gasteiger partial charge >= 0.3 is 0 Å². The van der Waals surface area contributed by atoms with Crippen molar-refractivity contribution >= 4 is 27.5 Å². The average molecular weight is 428 g/mol. The second-order valence-electron chi connectivity index (χ2n) is 7.40. The lowest BCUT2D eigenvalue weighted by atomic mass is 10.1. The Balaban J connectivity index is 1.44. The standard InChI is InChI=1S/C22H25N3O4S/c1-13(20(26)23-10-9-14-7-8-16(28-2)17(11-14)29-3)25-12-24-21-19(22(25)27)15-5-4-6-18(15)30-21/h7-8,11-13H,4-6,9-10H2,1-3H3,(H,23,26)/t13-/m0/s1. The number of carbonyl (C=O) groups is 1. The van der Waals surface area contributed by atoms with Crippen LogP contribution in [-0.4, -0.2) is 36.2 Å². The Morgan fingerprint density at radius 3 is 2.83 bits per heavy atom. The molecule has 0 bridgehead atoms. The van der Waals surface area contributed by atoms with Gasteiger partial charge in [-0.3, -0.25) is 14.2 Å². The first kappa shape index (κ1) is 20.4. The molecule has 1 aliphatic carbocycles. The van der Waals surface area contributed by atoms with Gasteiger partial charge in [0, 0.05) is 11.4 Å². The molecule has 0 aliphatic heterocycles. The fraction of sp³-hybridized carbons (Fsp3) is 0.409. The van der Waals surface area contributed by atoms with Crippen molar-refractivity contribution in [2.24, 2.45) is 0 Å². The lowest BCUT2D eigenvalue weighted by Crippen LogP contribution is -2.36. The minimum atomic E-state index is -0.628. The molecule has 0 saturated heterocycles. The molecule has 0 fully saturated rings. The van der Waals surface area contributed by atoms with Crippen LogP contribution in [0.2, 0.25) is 0 Å². The summed E-state index contributed by atoms with van der Waals surface area (Å²) < 4.78 is 12.0. The van der Waals surface area contributed by atoms with Gasteiger partial charge in [0.15, 0.2) is 11.5 Å². The molecule has 30 heavy (non-hydrogen) atoms. The van der Waals surface area contributed by atoms with E-state index in [0.717, 1.165) is 35.2 Å². The zero-order valence-corrected chi connectivity index (χ0v) is 18.2. The lowest BCUT2D eigenvalue weighted by Gasteiger charge is -2.15. The molecular formula is C22H25N3O4S. The van der Waals surface area contributed by atoms with Crippen molar-refractivity contribution in [2.45, 2.75) is 38.6 Å². The highest BCUT2D eigenvalue weighted by atomic mass is 32.1. The van der Waals surface area contributed by atoms with E-state index in [1.165, 1.54) is 15.8 Å². The number of methoxy groups -OCH3 is 2. The van der Waals surface area contributed by atoms with Crippen LogP contribution >= 0.6 is 11.3 Å². The summed E-state index contributed by atoms with van der Waals surface area (Å²) in [4.78, 5) is 32.2. The molecule has 2 aromatic heterocycles. The second-order valence-corrected chi connectivity index (χ2v) is 8.48. The van der Waals surface area contributed by atoms with Gasteiger partial charge in [0.05, 0.1) is 25.9 Å². The van der Waals surface area contributed by atoms with Crippen molar-refractivity contribution in [3.63, 3.8) is 0 Å². The monoisotopic (exact) mass is 427 g/mol. The molecule has 2 heterocycles. The Bertz CT molecular complexity index is 1150. The number of hydrogen-bond acceptors (Lipinski definition) is 6. The molecule has 0 unspecified atom stereocenters. The van der Waals surface area contributed by atoms with Crippen LogP contribution in [-0.2, 0) is 24.1 Å². The highest BCUT2D eigenvalue weighted by Gasteiger charge is 2.24. The number of amides is 1. The number of rotatable bonds is 7. The lowest BCUT2D eigenvalue weighted by molar-refractivity contribution is -0.123. The molecule has 1 atom stereocenters. The smallest absolute Gasteiger partial charge is 0.263 e. The molecule has 1 aromatic carbocycles. The molecule has 7 nitrogen and oxygen atoms in total. The SMILES string of the molecule is COc1ccc(CCNC(=O)[C@H](C)n2cnc3sc4c(c3c2=O)CCC4)cc1OC. The Labute approximate surface area is 178 Å². The van der Waals surface area contributed by atoms with Gasteiger partial charge in [-0.1, -0.05) is 6.07 Å². The van der Waals surface area contributed by atoms with Crippen LogP contribution in [0, 0.1) is 0 Å². The summed E-state index contributed by atoms with van der Waals surface area (Å²) in [7, 11) is 3.19. The number of aromatic nitrogens is 2. The molecule has 1 N–H and O–H groups in total. The third-order valence-electron chi connectivity index (χ3n) is 5.61. The topological polar surface area (TPSA) is 82.5 Å². The minimum Gasteiger partial charge on any atom is -0.493 e. The van der Waals surface area contributed by atoms with Gasteiger partial charge in [-0.2, -0.15) is 0 Å².